The average molecular weight is 360 g/mol. The Balaban J connectivity index is 1.61. The van der Waals surface area contributed by atoms with E-state index in [-0.39, 0.29) is 6.03 Å². The van der Waals surface area contributed by atoms with Crippen LogP contribution in [0.3, 0.4) is 0 Å². The fourth-order valence-electron chi connectivity index (χ4n) is 1.95. The zero-order valence-corrected chi connectivity index (χ0v) is 14.9. The maximum atomic E-state index is 12.3. The first kappa shape index (κ1) is 16.5. The molecule has 2 amide bonds. The second-order valence-corrected chi connectivity index (χ2v) is 6.92. The summed E-state index contributed by atoms with van der Waals surface area (Å²) < 4.78 is 0. The summed E-state index contributed by atoms with van der Waals surface area (Å²) >= 11 is 2.90. The van der Waals surface area contributed by atoms with Crippen LogP contribution in [0.2, 0.25) is 0 Å². The number of urea groups is 1. The van der Waals surface area contributed by atoms with Crippen LogP contribution in [0, 0.1) is 0 Å². The molecule has 0 aromatic carbocycles. The van der Waals surface area contributed by atoms with Gasteiger partial charge in [0.05, 0.1) is 17.2 Å². The average Bonchev–Trinajstić information content (AvgIpc) is 3.25. The Hall–Kier alpha value is -2.39. The largest absolute Gasteiger partial charge is 0.323 e. The molecule has 0 fully saturated rings. The molecular weight excluding hydrogens is 344 g/mol. The van der Waals surface area contributed by atoms with Gasteiger partial charge in [-0.05, 0) is 18.6 Å². The molecule has 0 atom stereocenters. The molecule has 3 rings (SSSR count). The topological polar surface area (TPSA) is 83.9 Å². The van der Waals surface area contributed by atoms with E-state index in [1.165, 1.54) is 11.3 Å². The molecule has 0 saturated carbocycles. The molecular formula is C15H16N6OS2. The van der Waals surface area contributed by atoms with Gasteiger partial charge in [-0.25, -0.2) is 9.78 Å². The lowest BCUT2D eigenvalue weighted by Crippen LogP contribution is -2.30. The van der Waals surface area contributed by atoms with Gasteiger partial charge < -0.3 is 4.90 Å². The van der Waals surface area contributed by atoms with E-state index in [0.29, 0.717) is 16.7 Å². The monoisotopic (exact) mass is 360 g/mol. The van der Waals surface area contributed by atoms with Crippen molar-refractivity contribution in [1.29, 1.82) is 0 Å². The summed E-state index contributed by atoms with van der Waals surface area (Å²) in [6, 6.07) is 5.33. The van der Waals surface area contributed by atoms with Gasteiger partial charge in [-0.15, -0.1) is 21.5 Å². The van der Waals surface area contributed by atoms with Gasteiger partial charge in [-0.3, -0.25) is 10.3 Å². The van der Waals surface area contributed by atoms with Crippen molar-refractivity contribution in [3.8, 4) is 10.7 Å². The van der Waals surface area contributed by atoms with E-state index in [2.05, 4.69) is 32.4 Å². The minimum absolute atomic E-state index is 0.246. The zero-order chi connectivity index (χ0) is 16.9. The second-order valence-electron chi connectivity index (χ2n) is 5.00. The quantitative estimate of drug-likeness (QED) is 0.755. The van der Waals surface area contributed by atoms with Crippen molar-refractivity contribution in [2.75, 3.05) is 12.4 Å². The first-order chi connectivity index (χ1) is 11.7. The van der Waals surface area contributed by atoms with Gasteiger partial charge in [0.1, 0.15) is 5.69 Å². The third kappa shape index (κ3) is 3.92. The number of amides is 2. The van der Waals surface area contributed by atoms with E-state index in [1.807, 2.05) is 23.6 Å². The van der Waals surface area contributed by atoms with Crippen molar-refractivity contribution in [1.82, 2.24) is 25.1 Å². The lowest BCUT2D eigenvalue weighted by atomic mass is 10.4. The van der Waals surface area contributed by atoms with Gasteiger partial charge in [0.2, 0.25) is 5.13 Å². The Kier molecular flexibility index (Phi) is 5.11. The van der Waals surface area contributed by atoms with E-state index < -0.39 is 0 Å². The first-order valence-electron chi connectivity index (χ1n) is 7.36. The van der Waals surface area contributed by atoms with Gasteiger partial charge in [0.15, 0.2) is 5.01 Å². The Morgan fingerprint density at radius 2 is 2.21 bits per heavy atom. The molecule has 0 aliphatic heterocycles. The van der Waals surface area contributed by atoms with Gasteiger partial charge >= 0.3 is 6.03 Å². The molecule has 0 unspecified atom stereocenters. The number of aryl methyl sites for hydroxylation is 1. The van der Waals surface area contributed by atoms with E-state index >= 15 is 0 Å². The summed E-state index contributed by atoms with van der Waals surface area (Å²) in [4.78, 5) is 22.5. The molecule has 3 heterocycles. The number of thiazole rings is 1. The fourth-order valence-corrected chi connectivity index (χ4v) is 3.40. The number of hydrogen-bond donors (Lipinski definition) is 1. The Morgan fingerprint density at radius 3 is 2.92 bits per heavy atom. The van der Waals surface area contributed by atoms with Crippen LogP contribution in [0.5, 0.6) is 0 Å². The highest BCUT2D eigenvalue weighted by Gasteiger charge is 2.14. The first-order valence-corrected chi connectivity index (χ1v) is 9.05. The van der Waals surface area contributed by atoms with E-state index in [1.54, 1.807) is 29.5 Å². The van der Waals surface area contributed by atoms with Gasteiger partial charge in [0, 0.05) is 18.6 Å². The summed E-state index contributed by atoms with van der Waals surface area (Å²) in [6.07, 6.45) is 2.60. The van der Waals surface area contributed by atoms with Crippen LogP contribution in [-0.2, 0) is 13.0 Å². The molecule has 0 aliphatic rings. The van der Waals surface area contributed by atoms with Crippen molar-refractivity contribution in [3.05, 3.63) is 40.5 Å². The SMILES string of the molecule is CCc1nc(CN(C)C(=O)Nc2nnc(-c3ccccn3)s2)cs1. The van der Waals surface area contributed by atoms with Crippen molar-refractivity contribution < 1.29 is 4.79 Å². The lowest BCUT2D eigenvalue weighted by Gasteiger charge is -2.15. The van der Waals surface area contributed by atoms with Crippen LogP contribution in [0.15, 0.2) is 29.8 Å². The van der Waals surface area contributed by atoms with Crippen LogP contribution >= 0.6 is 22.7 Å². The minimum atomic E-state index is -0.246. The van der Waals surface area contributed by atoms with Crippen LogP contribution in [0.4, 0.5) is 9.93 Å². The molecule has 0 spiro atoms. The summed E-state index contributed by atoms with van der Waals surface area (Å²) in [6.45, 7) is 2.52. The van der Waals surface area contributed by atoms with Crippen molar-refractivity contribution >= 4 is 33.8 Å². The predicted octanol–water partition coefficient (Wildman–Crippen LogP) is 3.28. The molecule has 24 heavy (non-hydrogen) atoms. The maximum Gasteiger partial charge on any atom is 0.323 e. The van der Waals surface area contributed by atoms with E-state index in [4.69, 9.17) is 0 Å². The molecule has 0 radical (unpaired) electrons. The molecule has 0 saturated heterocycles. The number of rotatable bonds is 5. The number of nitrogens with one attached hydrogen (secondary N) is 1. The number of pyridine rings is 1. The second kappa shape index (κ2) is 7.45. The highest BCUT2D eigenvalue weighted by molar-refractivity contribution is 7.18. The summed E-state index contributed by atoms with van der Waals surface area (Å²) in [5, 5.41) is 15.0. The number of carbonyl (C=O) groups is 1. The number of anilines is 1. The fraction of sp³-hybridized carbons (Fsp3) is 0.267. The van der Waals surface area contributed by atoms with Crippen LogP contribution in [0.25, 0.3) is 10.7 Å². The van der Waals surface area contributed by atoms with Gasteiger partial charge in [-0.1, -0.05) is 24.3 Å². The molecule has 3 aromatic heterocycles. The molecule has 0 bridgehead atoms. The Morgan fingerprint density at radius 1 is 1.33 bits per heavy atom. The third-order valence-corrected chi connectivity index (χ3v) is 5.07. The molecule has 3 aromatic rings. The molecule has 7 nitrogen and oxygen atoms in total. The maximum absolute atomic E-state index is 12.3. The van der Waals surface area contributed by atoms with Crippen molar-refractivity contribution in [2.45, 2.75) is 19.9 Å². The van der Waals surface area contributed by atoms with Crippen LogP contribution < -0.4 is 5.32 Å². The summed E-state index contributed by atoms with van der Waals surface area (Å²) in [5.41, 5.74) is 1.62. The van der Waals surface area contributed by atoms with Gasteiger partial charge in [0.25, 0.3) is 0 Å². The molecule has 0 aliphatic carbocycles. The van der Waals surface area contributed by atoms with Crippen molar-refractivity contribution in [2.24, 2.45) is 0 Å². The third-order valence-electron chi connectivity index (χ3n) is 3.17. The number of carbonyl (C=O) groups excluding carboxylic acids is 1. The highest BCUT2D eigenvalue weighted by atomic mass is 32.1. The predicted molar refractivity (Wildman–Crippen MR) is 95.1 cm³/mol. The van der Waals surface area contributed by atoms with Crippen molar-refractivity contribution in [3.63, 3.8) is 0 Å². The normalized spacial score (nSPS) is 10.6. The number of nitrogens with zero attached hydrogens (tertiary/aromatic N) is 5. The van der Waals surface area contributed by atoms with Crippen LogP contribution in [0.1, 0.15) is 17.6 Å². The molecule has 9 heteroatoms. The lowest BCUT2D eigenvalue weighted by molar-refractivity contribution is 0.220. The smallest absolute Gasteiger partial charge is 0.322 e. The zero-order valence-electron chi connectivity index (χ0n) is 13.3. The number of hydrogen-bond acceptors (Lipinski definition) is 7. The number of aromatic nitrogens is 4. The Labute approximate surface area is 147 Å². The minimum Gasteiger partial charge on any atom is -0.322 e. The highest BCUT2D eigenvalue weighted by Crippen LogP contribution is 2.24. The molecule has 124 valence electrons. The Bertz CT molecular complexity index is 816. The van der Waals surface area contributed by atoms with Gasteiger partial charge in [-0.2, -0.15) is 0 Å². The van der Waals surface area contributed by atoms with Crippen LogP contribution in [-0.4, -0.2) is 38.1 Å². The van der Waals surface area contributed by atoms with E-state index in [0.717, 1.165) is 22.8 Å². The summed E-state index contributed by atoms with van der Waals surface area (Å²) in [5.74, 6) is 0. The summed E-state index contributed by atoms with van der Waals surface area (Å²) in [7, 11) is 1.72. The molecule has 1 N–H and O–H groups in total. The van der Waals surface area contributed by atoms with E-state index in [9.17, 15) is 4.79 Å². The standard InChI is InChI=1S/C15H16N6OS2/c1-3-12-17-10(9-23-12)8-21(2)15(22)18-14-20-19-13(24-14)11-6-4-5-7-16-11/h4-7,9H,3,8H2,1-2H3,(H,18,20,22).